The lowest BCUT2D eigenvalue weighted by molar-refractivity contribution is -0.123. The van der Waals surface area contributed by atoms with Gasteiger partial charge >= 0.3 is 0 Å². The monoisotopic (exact) mass is 274 g/mol. The van der Waals surface area contributed by atoms with Crippen molar-refractivity contribution in [2.75, 3.05) is 13.2 Å². The minimum atomic E-state index is -0.0690. The van der Waals surface area contributed by atoms with Crippen molar-refractivity contribution >= 4 is 16.8 Å². The molecule has 0 saturated heterocycles. The van der Waals surface area contributed by atoms with Crippen LogP contribution >= 0.6 is 0 Å². The largest absolute Gasteiger partial charge is 0.484 e. The molecule has 4 nitrogen and oxygen atoms in total. The van der Waals surface area contributed by atoms with Crippen molar-refractivity contribution in [3.8, 4) is 5.75 Å². The van der Waals surface area contributed by atoms with Crippen LogP contribution in [0.1, 0.15) is 31.0 Å². The van der Waals surface area contributed by atoms with Gasteiger partial charge in [0, 0.05) is 23.1 Å². The zero-order valence-electron chi connectivity index (χ0n) is 12.4. The molecule has 0 aliphatic rings. The lowest BCUT2D eigenvalue weighted by Crippen LogP contribution is -2.29. The first-order valence-electron chi connectivity index (χ1n) is 7.10. The van der Waals surface area contributed by atoms with Gasteiger partial charge in [0.2, 0.25) is 0 Å². The van der Waals surface area contributed by atoms with E-state index < -0.39 is 0 Å². The van der Waals surface area contributed by atoms with E-state index in [0.717, 1.165) is 35.2 Å². The van der Waals surface area contributed by atoms with Crippen molar-refractivity contribution in [3.63, 3.8) is 0 Å². The number of ether oxygens (including phenoxy) is 1. The van der Waals surface area contributed by atoms with E-state index in [4.69, 9.17) is 4.74 Å². The highest BCUT2D eigenvalue weighted by Gasteiger charge is 2.07. The summed E-state index contributed by atoms with van der Waals surface area (Å²) in [7, 11) is 0. The molecule has 0 atom stereocenters. The zero-order chi connectivity index (χ0) is 14.5. The lowest BCUT2D eigenvalue weighted by Gasteiger charge is -2.07. The summed E-state index contributed by atoms with van der Waals surface area (Å²) in [6.45, 7) is 7.01. The average Bonchev–Trinajstić information content (AvgIpc) is 2.72. The van der Waals surface area contributed by atoms with E-state index in [2.05, 4.69) is 31.1 Å². The Labute approximate surface area is 119 Å². The second kappa shape index (κ2) is 6.46. The number of amides is 1. The Kier molecular flexibility index (Phi) is 4.66. The summed E-state index contributed by atoms with van der Waals surface area (Å²) in [5, 5.41) is 3.98. The maximum absolute atomic E-state index is 11.6. The van der Waals surface area contributed by atoms with Crippen molar-refractivity contribution in [2.45, 2.75) is 33.6 Å². The highest BCUT2D eigenvalue weighted by Crippen LogP contribution is 2.25. The molecule has 0 aliphatic heterocycles. The van der Waals surface area contributed by atoms with E-state index in [1.54, 1.807) is 0 Å². The summed E-state index contributed by atoms with van der Waals surface area (Å²) in [5.41, 5.74) is 3.48. The number of hydrogen-bond donors (Lipinski definition) is 2. The molecule has 108 valence electrons. The minimum absolute atomic E-state index is 0.0671. The predicted molar refractivity (Wildman–Crippen MR) is 81.2 cm³/mol. The van der Waals surface area contributed by atoms with Gasteiger partial charge in [-0.25, -0.2) is 0 Å². The first-order chi connectivity index (χ1) is 9.61. The van der Waals surface area contributed by atoms with Gasteiger partial charge in [-0.2, -0.15) is 0 Å². The fourth-order valence-corrected chi connectivity index (χ4v) is 2.13. The molecule has 1 aromatic carbocycles. The molecule has 20 heavy (non-hydrogen) atoms. The van der Waals surface area contributed by atoms with E-state index in [0.29, 0.717) is 6.54 Å². The molecule has 2 rings (SSSR count). The predicted octanol–water partition coefficient (Wildman–Crippen LogP) is 3.08. The number of benzene rings is 1. The second-order valence-electron chi connectivity index (χ2n) is 5.07. The summed E-state index contributed by atoms with van der Waals surface area (Å²) in [4.78, 5) is 14.9. The first kappa shape index (κ1) is 14.4. The number of carbonyl (C=O) groups is 1. The molecule has 1 amide bonds. The van der Waals surface area contributed by atoms with E-state index in [1.165, 1.54) is 5.56 Å². The number of H-pyrrole nitrogens is 1. The van der Waals surface area contributed by atoms with Crippen molar-refractivity contribution in [1.82, 2.24) is 10.3 Å². The number of nitrogens with one attached hydrogen (secondary N) is 2. The normalized spacial score (nSPS) is 10.8. The summed E-state index contributed by atoms with van der Waals surface area (Å²) in [6, 6.07) is 5.85. The Bertz CT molecular complexity index is 602. The third kappa shape index (κ3) is 3.32. The molecule has 0 aliphatic carbocycles. The molecule has 1 heterocycles. The van der Waals surface area contributed by atoms with Crippen LogP contribution in [0, 0.1) is 13.8 Å². The SMILES string of the molecule is CCCCNC(=O)COc1ccc2[nH]c(C)c(C)c2c1. The van der Waals surface area contributed by atoms with Crippen LogP contribution in [-0.2, 0) is 4.79 Å². The van der Waals surface area contributed by atoms with E-state index >= 15 is 0 Å². The quantitative estimate of drug-likeness (QED) is 0.795. The topological polar surface area (TPSA) is 54.1 Å². The van der Waals surface area contributed by atoms with Gasteiger partial charge in [-0.3, -0.25) is 4.79 Å². The molecule has 1 aromatic heterocycles. The van der Waals surface area contributed by atoms with Crippen LogP contribution in [0.3, 0.4) is 0 Å². The summed E-state index contributed by atoms with van der Waals surface area (Å²) in [5.74, 6) is 0.658. The van der Waals surface area contributed by atoms with Crippen LogP contribution in [0.15, 0.2) is 18.2 Å². The van der Waals surface area contributed by atoms with Gasteiger partial charge in [-0.15, -0.1) is 0 Å². The smallest absolute Gasteiger partial charge is 0.257 e. The van der Waals surface area contributed by atoms with Gasteiger partial charge in [0.1, 0.15) is 5.75 Å². The maximum Gasteiger partial charge on any atom is 0.257 e. The molecule has 2 N–H and O–H groups in total. The van der Waals surface area contributed by atoms with Crippen LogP contribution in [0.2, 0.25) is 0 Å². The number of rotatable bonds is 6. The maximum atomic E-state index is 11.6. The number of aromatic amines is 1. The molecule has 2 aromatic rings. The molecule has 0 fully saturated rings. The molecule has 0 radical (unpaired) electrons. The second-order valence-corrected chi connectivity index (χ2v) is 5.07. The van der Waals surface area contributed by atoms with Crippen LogP contribution < -0.4 is 10.1 Å². The van der Waals surface area contributed by atoms with Gasteiger partial charge < -0.3 is 15.0 Å². The van der Waals surface area contributed by atoms with Crippen molar-refractivity contribution in [1.29, 1.82) is 0 Å². The van der Waals surface area contributed by atoms with E-state index in [-0.39, 0.29) is 12.5 Å². The van der Waals surface area contributed by atoms with Gasteiger partial charge in [-0.1, -0.05) is 13.3 Å². The van der Waals surface area contributed by atoms with Crippen molar-refractivity contribution in [3.05, 3.63) is 29.5 Å². The van der Waals surface area contributed by atoms with E-state index in [9.17, 15) is 4.79 Å². The lowest BCUT2D eigenvalue weighted by atomic mass is 10.1. The number of hydrogen-bond acceptors (Lipinski definition) is 2. The third-order valence-corrected chi connectivity index (χ3v) is 3.50. The summed E-state index contributed by atoms with van der Waals surface area (Å²) in [6.07, 6.45) is 2.07. The number of aryl methyl sites for hydroxylation is 2. The molecule has 0 bridgehead atoms. The number of fused-ring (bicyclic) bond motifs is 1. The fourth-order valence-electron chi connectivity index (χ4n) is 2.13. The molecule has 4 heteroatoms. The summed E-state index contributed by atoms with van der Waals surface area (Å²) >= 11 is 0. The van der Waals surface area contributed by atoms with Gasteiger partial charge in [-0.05, 0) is 44.0 Å². The average molecular weight is 274 g/mol. The first-order valence-corrected chi connectivity index (χ1v) is 7.10. The van der Waals surface area contributed by atoms with Crippen LogP contribution in [0.25, 0.3) is 10.9 Å². The Morgan fingerprint density at radius 3 is 2.90 bits per heavy atom. The Balaban J connectivity index is 1.96. The number of aromatic nitrogens is 1. The molecular weight excluding hydrogens is 252 g/mol. The molecule has 0 unspecified atom stereocenters. The minimum Gasteiger partial charge on any atom is -0.484 e. The Morgan fingerprint density at radius 2 is 2.15 bits per heavy atom. The van der Waals surface area contributed by atoms with Crippen LogP contribution in [0.4, 0.5) is 0 Å². The highest BCUT2D eigenvalue weighted by atomic mass is 16.5. The van der Waals surface area contributed by atoms with Gasteiger partial charge in [0.15, 0.2) is 6.61 Å². The van der Waals surface area contributed by atoms with Gasteiger partial charge in [0.25, 0.3) is 5.91 Å². The van der Waals surface area contributed by atoms with Crippen LogP contribution in [0.5, 0.6) is 5.75 Å². The standard InChI is InChI=1S/C16H22N2O2/c1-4-5-8-17-16(19)10-20-13-6-7-15-14(9-13)11(2)12(3)18-15/h6-7,9,18H,4-5,8,10H2,1-3H3,(H,17,19). The highest BCUT2D eigenvalue weighted by molar-refractivity contribution is 5.85. The fraction of sp³-hybridized carbons (Fsp3) is 0.438. The van der Waals surface area contributed by atoms with E-state index in [1.807, 2.05) is 18.2 Å². The zero-order valence-corrected chi connectivity index (χ0v) is 12.4. The Hall–Kier alpha value is -1.97. The third-order valence-electron chi connectivity index (χ3n) is 3.50. The molecular formula is C16H22N2O2. The molecule has 0 saturated carbocycles. The van der Waals surface area contributed by atoms with Gasteiger partial charge in [0.05, 0.1) is 0 Å². The Morgan fingerprint density at radius 1 is 1.35 bits per heavy atom. The van der Waals surface area contributed by atoms with Crippen molar-refractivity contribution < 1.29 is 9.53 Å². The molecule has 0 spiro atoms. The van der Waals surface area contributed by atoms with Crippen molar-refractivity contribution in [2.24, 2.45) is 0 Å². The van der Waals surface area contributed by atoms with Crippen LogP contribution in [-0.4, -0.2) is 24.0 Å². The summed E-state index contributed by atoms with van der Waals surface area (Å²) < 4.78 is 5.54. The number of carbonyl (C=O) groups excluding carboxylic acids is 1. The number of unbranched alkanes of at least 4 members (excludes halogenated alkanes) is 1.